The Bertz CT molecular complexity index is 369. The molecule has 1 N–H and O–H groups in total. The van der Waals surface area contributed by atoms with Crippen molar-refractivity contribution in [3.8, 4) is 0 Å². The lowest BCUT2D eigenvalue weighted by molar-refractivity contribution is -0.173. The van der Waals surface area contributed by atoms with E-state index in [1.54, 1.807) is 0 Å². The second-order valence-corrected chi connectivity index (χ2v) is 8.11. The number of hydrogen-bond donors (Lipinski definition) is 1. The third-order valence-corrected chi connectivity index (χ3v) is 6.48. The molecule has 2 saturated carbocycles. The molecule has 2 heteroatoms. The molecule has 0 radical (unpaired) electrons. The van der Waals surface area contributed by atoms with Crippen LogP contribution in [-0.2, 0) is 4.79 Å². The molecule has 0 spiro atoms. The fourth-order valence-electron chi connectivity index (χ4n) is 4.87. The Morgan fingerprint density at radius 3 is 2.28 bits per heavy atom. The van der Waals surface area contributed by atoms with Crippen molar-refractivity contribution in [2.24, 2.45) is 28.1 Å². The van der Waals surface area contributed by atoms with Gasteiger partial charge in [-0.15, -0.1) is 0 Å². The minimum atomic E-state index is -0.766. The van der Waals surface area contributed by atoms with Crippen molar-refractivity contribution in [2.75, 3.05) is 0 Å². The highest BCUT2D eigenvalue weighted by atomic mass is 16.3. The lowest BCUT2D eigenvalue weighted by atomic mass is 9.43. The van der Waals surface area contributed by atoms with Gasteiger partial charge in [-0.1, -0.05) is 41.5 Å². The number of rotatable bonds is 0. The van der Waals surface area contributed by atoms with Gasteiger partial charge in [-0.05, 0) is 41.9 Å². The van der Waals surface area contributed by atoms with Crippen LogP contribution in [0.5, 0.6) is 0 Å². The molecule has 0 aromatic carbocycles. The van der Waals surface area contributed by atoms with Crippen LogP contribution in [0.3, 0.4) is 0 Å². The highest BCUT2D eigenvalue weighted by molar-refractivity contribution is 5.89. The van der Waals surface area contributed by atoms with E-state index >= 15 is 0 Å². The SMILES string of the molecule is CC1C(C)(C)CCC2C(C)(C)C(=O)[C@H](O)CC12C. The number of carbonyl (C=O) groups excluding carboxylic acids is 1. The standard InChI is InChI=1S/C16H28O2/c1-10-14(2,3)8-7-12-15(4,5)13(18)11(17)9-16(10,12)6/h10-12,17H,7-9H2,1-6H3/t10?,11-,12?,16?/m1/s1. The predicted octanol–water partition coefficient (Wildman–Crippen LogP) is 3.42. The molecule has 0 saturated heterocycles. The fourth-order valence-corrected chi connectivity index (χ4v) is 4.87. The summed E-state index contributed by atoms with van der Waals surface area (Å²) in [4.78, 5) is 12.3. The summed E-state index contributed by atoms with van der Waals surface area (Å²) in [5.41, 5.74) is 0.0111. The van der Waals surface area contributed by atoms with E-state index in [1.807, 2.05) is 13.8 Å². The number of carbonyl (C=O) groups is 1. The summed E-state index contributed by atoms with van der Waals surface area (Å²) in [5, 5.41) is 10.2. The van der Waals surface area contributed by atoms with E-state index < -0.39 is 6.10 Å². The van der Waals surface area contributed by atoms with E-state index in [0.717, 1.165) is 6.42 Å². The Labute approximate surface area is 111 Å². The van der Waals surface area contributed by atoms with E-state index in [-0.39, 0.29) is 16.6 Å². The average Bonchev–Trinajstić information content (AvgIpc) is 2.23. The van der Waals surface area contributed by atoms with Crippen molar-refractivity contribution in [3.05, 3.63) is 0 Å². The highest BCUT2D eigenvalue weighted by Gasteiger charge is 2.60. The topological polar surface area (TPSA) is 37.3 Å². The predicted molar refractivity (Wildman–Crippen MR) is 73.2 cm³/mol. The molecule has 3 unspecified atom stereocenters. The first-order valence-corrected chi connectivity index (χ1v) is 7.26. The smallest absolute Gasteiger partial charge is 0.167 e. The number of aliphatic hydroxyl groups excluding tert-OH is 1. The van der Waals surface area contributed by atoms with Crippen molar-refractivity contribution >= 4 is 5.78 Å². The molecule has 2 aliphatic rings. The molecule has 4 atom stereocenters. The van der Waals surface area contributed by atoms with Crippen LogP contribution in [0.4, 0.5) is 0 Å². The van der Waals surface area contributed by atoms with Crippen LogP contribution < -0.4 is 0 Å². The summed E-state index contributed by atoms with van der Waals surface area (Å²) in [6, 6.07) is 0. The van der Waals surface area contributed by atoms with Crippen LogP contribution in [0, 0.1) is 28.1 Å². The fraction of sp³-hybridized carbons (Fsp3) is 0.938. The Morgan fingerprint density at radius 2 is 1.72 bits per heavy atom. The monoisotopic (exact) mass is 252 g/mol. The molecule has 2 aliphatic carbocycles. The lowest BCUT2D eigenvalue weighted by Gasteiger charge is -2.61. The van der Waals surface area contributed by atoms with Gasteiger partial charge in [-0.3, -0.25) is 4.79 Å². The number of ketones is 1. The van der Waals surface area contributed by atoms with E-state index in [1.165, 1.54) is 6.42 Å². The van der Waals surface area contributed by atoms with Crippen molar-refractivity contribution in [1.29, 1.82) is 0 Å². The Hall–Kier alpha value is -0.370. The van der Waals surface area contributed by atoms with Crippen molar-refractivity contribution in [1.82, 2.24) is 0 Å². The summed E-state index contributed by atoms with van der Waals surface area (Å²) in [6.07, 6.45) is 2.17. The van der Waals surface area contributed by atoms with Crippen LogP contribution in [0.2, 0.25) is 0 Å². The molecule has 104 valence electrons. The molecule has 0 aromatic rings. The molecule has 2 fully saturated rings. The van der Waals surface area contributed by atoms with Gasteiger partial charge in [0.05, 0.1) is 0 Å². The number of Topliss-reactive ketones (excluding diaryl/α,β-unsaturated/α-hetero) is 1. The zero-order chi connectivity index (χ0) is 13.9. The third kappa shape index (κ3) is 1.68. The second-order valence-electron chi connectivity index (χ2n) is 8.11. The zero-order valence-corrected chi connectivity index (χ0v) is 12.7. The van der Waals surface area contributed by atoms with Gasteiger partial charge in [0.25, 0.3) is 0 Å². The molecular formula is C16H28O2. The van der Waals surface area contributed by atoms with Crippen LogP contribution >= 0.6 is 0 Å². The van der Waals surface area contributed by atoms with E-state index in [0.29, 0.717) is 23.7 Å². The summed E-state index contributed by atoms with van der Waals surface area (Å²) in [6.45, 7) is 13.3. The molecule has 0 bridgehead atoms. The van der Waals surface area contributed by atoms with Crippen molar-refractivity contribution in [3.63, 3.8) is 0 Å². The first-order chi connectivity index (χ1) is 8.03. The third-order valence-electron chi connectivity index (χ3n) is 6.48. The minimum absolute atomic E-state index is 0.0527. The lowest BCUT2D eigenvalue weighted by Crippen LogP contribution is -2.60. The molecule has 0 aliphatic heterocycles. The van der Waals surface area contributed by atoms with E-state index in [2.05, 4.69) is 27.7 Å². The Kier molecular flexibility index (Phi) is 2.98. The number of hydrogen-bond acceptors (Lipinski definition) is 2. The molecule has 2 rings (SSSR count). The molecule has 0 amide bonds. The van der Waals surface area contributed by atoms with Gasteiger partial charge in [-0.25, -0.2) is 0 Å². The Morgan fingerprint density at radius 1 is 1.17 bits per heavy atom. The minimum Gasteiger partial charge on any atom is -0.385 e. The summed E-state index contributed by atoms with van der Waals surface area (Å²) in [5.74, 6) is 0.992. The molecule has 0 aromatic heterocycles. The quantitative estimate of drug-likeness (QED) is 0.717. The highest BCUT2D eigenvalue weighted by Crippen LogP contribution is 2.62. The summed E-state index contributed by atoms with van der Waals surface area (Å²) in [7, 11) is 0. The number of aliphatic hydroxyl groups is 1. The number of fused-ring (bicyclic) bond motifs is 1. The van der Waals surface area contributed by atoms with Crippen molar-refractivity contribution < 1.29 is 9.90 Å². The first-order valence-electron chi connectivity index (χ1n) is 7.26. The second kappa shape index (κ2) is 3.82. The van der Waals surface area contributed by atoms with Gasteiger partial charge < -0.3 is 5.11 Å². The maximum atomic E-state index is 12.3. The normalized spacial score (nSPS) is 46.6. The summed E-state index contributed by atoms with van der Waals surface area (Å²) >= 11 is 0. The van der Waals surface area contributed by atoms with Crippen LogP contribution in [0.15, 0.2) is 0 Å². The molecule has 2 nitrogen and oxygen atoms in total. The van der Waals surface area contributed by atoms with Gasteiger partial charge in [-0.2, -0.15) is 0 Å². The van der Waals surface area contributed by atoms with Gasteiger partial charge in [0, 0.05) is 5.41 Å². The van der Waals surface area contributed by atoms with Crippen LogP contribution in [0.25, 0.3) is 0 Å². The maximum absolute atomic E-state index is 12.3. The molecule has 0 heterocycles. The van der Waals surface area contributed by atoms with E-state index in [9.17, 15) is 9.90 Å². The largest absolute Gasteiger partial charge is 0.385 e. The zero-order valence-electron chi connectivity index (χ0n) is 12.7. The van der Waals surface area contributed by atoms with Gasteiger partial charge in [0.15, 0.2) is 5.78 Å². The summed E-state index contributed by atoms with van der Waals surface area (Å²) < 4.78 is 0. The van der Waals surface area contributed by atoms with Crippen LogP contribution in [-0.4, -0.2) is 17.0 Å². The maximum Gasteiger partial charge on any atom is 0.167 e. The van der Waals surface area contributed by atoms with Crippen molar-refractivity contribution in [2.45, 2.75) is 66.9 Å². The van der Waals surface area contributed by atoms with Gasteiger partial charge in [0.2, 0.25) is 0 Å². The first kappa shape index (κ1) is 14.0. The Balaban J connectivity index is 2.45. The van der Waals surface area contributed by atoms with Crippen LogP contribution in [0.1, 0.15) is 60.8 Å². The molecule has 18 heavy (non-hydrogen) atoms. The average molecular weight is 252 g/mol. The van der Waals surface area contributed by atoms with Gasteiger partial charge >= 0.3 is 0 Å². The van der Waals surface area contributed by atoms with Gasteiger partial charge in [0.1, 0.15) is 6.10 Å². The molecular weight excluding hydrogens is 224 g/mol. The van der Waals surface area contributed by atoms with E-state index in [4.69, 9.17) is 0 Å².